The van der Waals surface area contributed by atoms with Crippen LogP contribution in [0.25, 0.3) is 32.4 Å². The maximum Gasteiger partial charge on any atom is 0.0907 e. The molecule has 0 amide bonds. The van der Waals surface area contributed by atoms with E-state index in [2.05, 4.69) is 23.2 Å². The molecule has 0 radical (unpaired) electrons. The molecule has 4 nitrogen and oxygen atoms in total. The first-order chi connectivity index (χ1) is 13.2. The fourth-order valence-corrected chi connectivity index (χ4v) is 5.11. The number of hydrogen-bond acceptors (Lipinski definition) is 5. The molecule has 0 bridgehead atoms. The molecule has 2 heterocycles. The standard InChI is InChI=1S/C22H20N4S/c1-12-25-18-8-6-13(10-20(18)27-12)22-15-5-3-2-4-14(15)21-16(11-23)17(24)7-9-19(21)26-22/h6-11,23H,2-5,24H2,1H3. The highest BCUT2D eigenvalue weighted by Gasteiger charge is 2.21. The van der Waals surface area contributed by atoms with Crippen molar-refractivity contribution in [3.63, 3.8) is 0 Å². The highest BCUT2D eigenvalue weighted by molar-refractivity contribution is 7.18. The molecule has 0 unspecified atom stereocenters. The number of aryl methyl sites for hydroxylation is 2. The number of benzene rings is 2. The van der Waals surface area contributed by atoms with Crippen LogP contribution in [-0.4, -0.2) is 16.2 Å². The summed E-state index contributed by atoms with van der Waals surface area (Å²) in [4.78, 5) is 9.62. The zero-order valence-electron chi connectivity index (χ0n) is 15.2. The van der Waals surface area contributed by atoms with Crippen LogP contribution >= 0.6 is 11.3 Å². The van der Waals surface area contributed by atoms with Gasteiger partial charge in [0.1, 0.15) is 0 Å². The number of nitrogens with zero attached hydrogens (tertiary/aromatic N) is 2. The third-order valence-electron chi connectivity index (χ3n) is 5.46. The molecule has 5 rings (SSSR count). The van der Waals surface area contributed by atoms with Crippen LogP contribution in [0.2, 0.25) is 0 Å². The molecule has 1 aliphatic carbocycles. The van der Waals surface area contributed by atoms with Gasteiger partial charge >= 0.3 is 0 Å². The minimum atomic E-state index is 0.654. The molecule has 134 valence electrons. The van der Waals surface area contributed by atoms with E-state index in [0.29, 0.717) is 5.69 Å². The average Bonchev–Trinajstić information content (AvgIpc) is 3.06. The van der Waals surface area contributed by atoms with E-state index < -0.39 is 0 Å². The molecule has 5 heteroatoms. The van der Waals surface area contributed by atoms with Crippen molar-refractivity contribution in [2.24, 2.45) is 0 Å². The van der Waals surface area contributed by atoms with Gasteiger partial charge in [-0.3, -0.25) is 0 Å². The number of pyridine rings is 1. The van der Waals surface area contributed by atoms with E-state index in [-0.39, 0.29) is 0 Å². The average molecular weight is 372 g/mol. The number of aromatic nitrogens is 2. The summed E-state index contributed by atoms with van der Waals surface area (Å²) in [5.41, 5.74) is 14.5. The first kappa shape index (κ1) is 16.4. The van der Waals surface area contributed by atoms with E-state index in [1.54, 1.807) is 11.3 Å². The lowest BCUT2D eigenvalue weighted by molar-refractivity contribution is 0.689. The summed E-state index contributed by atoms with van der Waals surface area (Å²) in [6, 6.07) is 10.3. The van der Waals surface area contributed by atoms with Crippen LogP contribution in [0.3, 0.4) is 0 Å². The van der Waals surface area contributed by atoms with Gasteiger partial charge in [0, 0.05) is 28.4 Å². The van der Waals surface area contributed by atoms with E-state index in [4.69, 9.17) is 16.1 Å². The van der Waals surface area contributed by atoms with Crippen molar-refractivity contribution in [2.75, 3.05) is 5.73 Å². The molecule has 1 aliphatic rings. The maximum atomic E-state index is 7.86. The number of nitrogens with two attached hydrogens (primary N) is 1. The van der Waals surface area contributed by atoms with Crippen molar-refractivity contribution in [2.45, 2.75) is 32.6 Å². The van der Waals surface area contributed by atoms with Crippen molar-refractivity contribution in [3.8, 4) is 11.3 Å². The summed E-state index contributed by atoms with van der Waals surface area (Å²) < 4.78 is 1.20. The molecule has 0 spiro atoms. The quantitative estimate of drug-likeness (QED) is 0.371. The van der Waals surface area contributed by atoms with Crippen LogP contribution in [0.5, 0.6) is 0 Å². The number of nitrogen functional groups attached to an aromatic ring is 1. The van der Waals surface area contributed by atoms with Crippen molar-refractivity contribution in [1.29, 1.82) is 5.41 Å². The Morgan fingerprint density at radius 2 is 1.81 bits per heavy atom. The second-order valence-corrected chi connectivity index (χ2v) is 8.38. The fraction of sp³-hybridized carbons (Fsp3) is 0.227. The lowest BCUT2D eigenvalue weighted by Crippen LogP contribution is -2.09. The summed E-state index contributed by atoms with van der Waals surface area (Å²) in [6.07, 6.45) is 5.77. The highest BCUT2D eigenvalue weighted by atomic mass is 32.1. The Bertz CT molecular complexity index is 1220. The maximum absolute atomic E-state index is 7.86. The highest BCUT2D eigenvalue weighted by Crippen LogP contribution is 2.38. The zero-order valence-corrected chi connectivity index (χ0v) is 16.0. The molecule has 0 saturated heterocycles. The van der Waals surface area contributed by atoms with Crippen molar-refractivity contribution < 1.29 is 0 Å². The lowest BCUT2D eigenvalue weighted by Gasteiger charge is -2.22. The number of hydrogen-bond donors (Lipinski definition) is 2. The monoisotopic (exact) mass is 372 g/mol. The van der Waals surface area contributed by atoms with Gasteiger partial charge in [-0.15, -0.1) is 11.3 Å². The van der Waals surface area contributed by atoms with Crippen LogP contribution in [0.1, 0.15) is 34.5 Å². The smallest absolute Gasteiger partial charge is 0.0907 e. The van der Waals surface area contributed by atoms with Crippen LogP contribution in [0.4, 0.5) is 5.69 Å². The van der Waals surface area contributed by atoms with Gasteiger partial charge in [0.15, 0.2) is 0 Å². The van der Waals surface area contributed by atoms with Gasteiger partial charge < -0.3 is 11.1 Å². The van der Waals surface area contributed by atoms with E-state index in [0.717, 1.165) is 51.1 Å². The third-order valence-corrected chi connectivity index (χ3v) is 6.39. The number of thiazole rings is 1. The first-order valence-corrected chi connectivity index (χ1v) is 10.1. The Morgan fingerprint density at radius 3 is 2.63 bits per heavy atom. The topological polar surface area (TPSA) is 75.7 Å². The Hall–Kier alpha value is -2.79. The second-order valence-electron chi connectivity index (χ2n) is 7.15. The predicted octanol–water partition coefficient (Wildman–Crippen LogP) is 5.28. The van der Waals surface area contributed by atoms with Gasteiger partial charge in [-0.25, -0.2) is 9.97 Å². The second kappa shape index (κ2) is 6.13. The molecule has 0 atom stereocenters. The van der Waals surface area contributed by atoms with E-state index >= 15 is 0 Å². The van der Waals surface area contributed by atoms with E-state index in [1.807, 2.05) is 19.1 Å². The predicted molar refractivity (Wildman–Crippen MR) is 114 cm³/mol. The molecule has 4 aromatic rings. The van der Waals surface area contributed by atoms with Crippen LogP contribution in [-0.2, 0) is 12.8 Å². The van der Waals surface area contributed by atoms with Gasteiger partial charge in [-0.05, 0) is 68.0 Å². The SMILES string of the molecule is Cc1nc2ccc(-c3nc4ccc(N)c(C=N)c4c4c3CCCC4)cc2s1. The Kier molecular flexibility index (Phi) is 3.72. The molecular weight excluding hydrogens is 352 g/mol. The molecule has 3 N–H and O–H groups in total. The molecule has 0 fully saturated rings. The van der Waals surface area contributed by atoms with Crippen molar-refractivity contribution >= 4 is 44.4 Å². The first-order valence-electron chi connectivity index (χ1n) is 9.27. The minimum absolute atomic E-state index is 0.654. The number of nitrogens with one attached hydrogen (secondary N) is 1. The van der Waals surface area contributed by atoms with Crippen LogP contribution < -0.4 is 5.73 Å². The van der Waals surface area contributed by atoms with Gasteiger partial charge in [-0.2, -0.15) is 0 Å². The van der Waals surface area contributed by atoms with Gasteiger partial charge in [0.25, 0.3) is 0 Å². The largest absolute Gasteiger partial charge is 0.398 e. The molecule has 27 heavy (non-hydrogen) atoms. The number of anilines is 1. The fourth-order valence-electron chi connectivity index (χ4n) is 4.25. The zero-order chi connectivity index (χ0) is 18.5. The van der Waals surface area contributed by atoms with Crippen molar-refractivity contribution in [1.82, 2.24) is 9.97 Å². The Labute approximate surface area is 161 Å². The van der Waals surface area contributed by atoms with E-state index in [9.17, 15) is 0 Å². The summed E-state index contributed by atoms with van der Waals surface area (Å²) >= 11 is 1.72. The van der Waals surface area contributed by atoms with Crippen molar-refractivity contribution in [3.05, 3.63) is 52.0 Å². The normalized spacial score (nSPS) is 13.8. The van der Waals surface area contributed by atoms with Gasteiger partial charge in [0.2, 0.25) is 0 Å². The molecule has 0 aliphatic heterocycles. The van der Waals surface area contributed by atoms with E-state index in [1.165, 1.54) is 34.9 Å². The lowest BCUT2D eigenvalue weighted by atomic mass is 9.85. The van der Waals surface area contributed by atoms with Crippen LogP contribution in [0.15, 0.2) is 30.3 Å². The van der Waals surface area contributed by atoms with Crippen LogP contribution in [0, 0.1) is 12.3 Å². The third kappa shape index (κ3) is 2.53. The Morgan fingerprint density at radius 1 is 1.04 bits per heavy atom. The molecule has 2 aromatic carbocycles. The molecule has 0 saturated carbocycles. The summed E-state index contributed by atoms with van der Waals surface area (Å²) in [6.45, 7) is 2.05. The summed E-state index contributed by atoms with van der Waals surface area (Å²) in [7, 11) is 0. The Balaban J connectivity index is 1.84. The van der Waals surface area contributed by atoms with Gasteiger partial charge in [0.05, 0.1) is 26.4 Å². The summed E-state index contributed by atoms with van der Waals surface area (Å²) in [5.74, 6) is 0. The van der Waals surface area contributed by atoms with Gasteiger partial charge in [-0.1, -0.05) is 6.07 Å². The molecular formula is C22H20N4S. The molecule has 2 aromatic heterocycles. The number of rotatable bonds is 2. The summed E-state index contributed by atoms with van der Waals surface area (Å²) in [5, 5.41) is 10.0. The minimum Gasteiger partial charge on any atom is -0.398 e. The number of fused-ring (bicyclic) bond motifs is 4.